The predicted molar refractivity (Wildman–Crippen MR) is 64.1 cm³/mol. The third kappa shape index (κ3) is 3.76. The first-order valence-electron chi connectivity index (χ1n) is 6.32. The zero-order valence-corrected chi connectivity index (χ0v) is 10.4. The zero-order chi connectivity index (χ0) is 12.0. The maximum Gasteiger partial charge on any atom is 0.239 e. The molecule has 1 aliphatic rings. The van der Waals surface area contributed by atoms with E-state index in [0.29, 0.717) is 5.92 Å². The molecule has 0 bridgehead atoms. The summed E-state index contributed by atoms with van der Waals surface area (Å²) in [6.07, 6.45) is 2.76. The average molecular weight is 228 g/mol. The number of carbonyl (C=O) groups is 1. The lowest BCUT2D eigenvalue weighted by Crippen LogP contribution is -2.40. The summed E-state index contributed by atoms with van der Waals surface area (Å²) >= 11 is 0. The van der Waals surface area contributed by atoms with Crippen molar-refractivity contribution in [1.82, 2.24) is 10.2 Å². The van der Waals surface area contributed by atoms with Crippen molar-refractivity contribution in [1.29, 1.82) is 0 Å². The second-order valence-electron chi connectivity index (χ2n) is 4.70. The molecule has 1 fully saturated rings. The molecule has 0 radical (unpaired) electrons. The van der Waals surface area contributed by atoms with Crippen LogP contribution in [0.5, 0.6) is 0 Å². The SMILES string of the molecule is CCCNC1CCN(CC(C)CCO)C1=O. The number of likely N-dealkylation sites (tertiary alicyclic amines) is 1. The van der Waals surface area contributed by atoms with E-state index in [0.717, 1.165) is 38.9 Å². The minimum absolute atomic E-state index is 0.0290. The molecule has 4 nitrogen and oxygen atoms in total. The van der Waals surface area contributed by atoms with Crippen LogP contribution in [0.15, 0.2) is 0 Å². The molecule has 2 N–H and O–H groups in total. The monoisotopic (exact) mass is 228 g/mol. The van der Waals surface area contributed by atoms with Gasteiger partial charge in [-0.1, -0.05) is 13.8 Å². The second kappa shape index (κ2) is 6.86. The summed E-state index contributed by atoms with van der Waals surface area (Å²) < 4.78 is 0. The maximum absolute atomic E-state index is 12.0. The number of carbonyl (C=O) groups excluding carboxylic acids is 1. The average Bonchev–Trinajstić information content (AvgIpc) is 2.58. The van der Waals surface area contributed by atoms with Gasteiger partial charge >= 0.3 is 0 Å². The number of amides is 1. The van der Waals surface area contributed by atoms with Gasteiger partial charge in [-0.2, -0.15) is 0 Å². The van der Waals surface area contributed by atoms with Crippen LogP contribution in [-0.4, -0.2) is 48.2 Å². The topological polar surface area (TPSA) is 52.6 Å². The molecule has 1 saturated heterocycles. The zero-order valence-electron chi connectivity index (χ0n) is 10.4. The fourth-order valence-electron chi connectivity index (χ4n) is 2.12. The van der Waals surface area contributed by atoms with Gasteiger partial charge in [0.2, 0.25) is 5.91 Å². The molecule has 2 unspecified atom stereocenters. The van der Waals surface area contributed by atoms with Gasteiger partial charge in [0, 0.05) is 19.7 Å². The Morgan fingerprint density at radius 1 is 1.62 bits per heavy atom. The number of aliphatic hydroxyl groups excluding tert-OH is 1. The van der Waals surface area contributed by atoms with Gasteiger partial charge in [-0.25, -0.2) is 0 Å². The van der Waals surface area contributed by atoms with Crippen LogP contribution >= 0.6 is 0 Å². The lowest BCUT2D eigenvalue weighted by atomic mass is 10.1. The molecular weight excluding hydrogens is 204 g/mol. The van der Waals surface area contributed by atoms with E-state index in [4.69, 9.17) is 5.11 Å². The highest BCUT2D eigenvalue weighted by molar-refractivity contribution is 5.83. The smallest absolute Gasteiger partial charge is 0.239 e. The minimum Gasteiger partial charge on any atom is -0.396 e. The molecule has 1 amide bonds. The van der Waals surface area contributed by atoms with Crippen LogP contribution in [-0.2, 0) is 4.79 Å². The molecule has 1 aliphatic heterocycles. The molecule has 0 aromatic heterocycles. The van der Waals surface area contributed by atoms with E-state index in [9.17, 15) is 4.79 Å². The summed E-state index contributed by atoms with van der Waals surface area (Å²) in [7, 11) is 0. The van der Waals surface area contributed by atoms with Crippen LogP contribution in [0.3, 0.4) is 0 Å². The quantitative estimate of drug-likeness (QED) is 0.671. The molecule has 4 heteroatoms. The molecular formula is C12H24N2O2. The molecule has 0 aromatic rings. The summed E-state index contributed by atoms with van der Waals surface area (Å²) in [5.41, 5.74) is 0. The Bertz CT molecular complexity index is 221. The Kier molecular flexibility index (Phi) is 5.77. The number of aliphatic hydroxyl groups is 1. The van der Waals surface area contributed by atoms with Crippen LogP contribution in [0.2, 0.25) is 0 Å². The first-order valence-corrected chi connectivity index (χ1v) is 6.32. The van der Waals surface area contributed by atoms with Gasteiger partial charge in [-0.15, -0.1) is 0 Å². The van der Waals surface area contributed by atoms with Crippen LogP contribution in [0.1, 0.15) is 33.1 Å². The second-order valence-corrected chi connectivity index (χ2v) is 4.70. The molecule has 0 aromatic carbocycles. The summed E-state index contributed by atoms with van der Waals surface area (Å²) in [6.45, 7) is 6.95. The first-order chi connectivity index (χ1) is 7.69. The van der Waals surface area contributed by atoms with Gasteiger partial charge < -0.3 is 15.3 Å². The van der Waals surface area contributed by atoms with Crippen LogP contribution in [0.4, 0.5) is 0 Å². The summed E-state index contributed by atoms with van der Waals surface area (Å²) in [6, 6.07) is 0.0290. The predicted octanol–water partition coefficient (Wildman–Crippen LogP) is 0.605. The molecule has 0 saturated carbocycles. The number of hydrogen-bond donors (Lipinski definition) is 2. The summed E-state index contributed by atoms with van der Waals surface area (Å²) in [5, 5.41) is 12.1. The van der Waals surface area contributed by atoms with Gasteiger partial charge in [0.15, 0.2) is 0 Å². The van der Waals surface area contributed by atoms with Crippen LogP contribution in [0.25, 0.3) is 0 Å². The molecule has 2 atom stereocenters. The molecule has 1 rings (SSSR count). The molecule has 94 valence electrons. The van der Waals surface area contributed by atoms with Crippen molar-refractivity contribution >= 4 is 5.91 Å². The van der Waals surface area contributed by atoms with Crippen molar-refractivity contribution in [2.75, 3.05) is 26.2 Å². The van der Waals surface area contributed by atoms with Crippen molar-refractivity contribution < 1.29 is 9.90 Å². The highest BCUT2D eigenvalue weighted by Crippen LogP contribution is 2.14. The van der Waals surface area contributed by atoms with Gasteiger partial charge in [-0.3, -0.25) is 4.79 Å². The van der Waals surface area contributed by atoms with Gasteiger partial charge in [0.05, 0.1) is 6.04 Å². The Morgan fingerprint density at radius 3 is 3.00 bits per heavy atom. The summed E-state index contributed by atoms with van der Waals surface area (Å²) in [4.78, 5) is 13.9. The maximum atomic E-state index is 12.0. The lowest BCUT2D eigenvalue weighted by molar-refractivity contribution is -0.130. The Balaban J connectivity index is 2.32. The van der Waals surface area contributed by atoms with E-state index in [-0.39, 0.29) is 18.6 Å². The van der Waals surface area contributed by atoms with Crippen molar-refractivity contribution in [2.45, 2.75) is 39.2 Å². The molecule has 0 spiro atoms. The highest BCUT2D eigenvalue weighted by Gasteiger charge is 2.31. The van der Waals surface area contributed by atoms with Gasteiger partial charge in [0.1, 0.15) is 0 Å². The molecule has 0 aliphatic carbocycles. The first kappa shape index (κ1) is 13.5. The Hall–Kier alpha value is -0.610. The fourth-order valence-corrected chi connectivity index (χ4v) is 2.12. The Morgan fingerprint density at radius 2 is 2.38 bits per heavy atom. The number of nitrogens with zero attached hydrogens (tertiary/aromatic N) is 1. The third-order valence-electron chi connectivity index (χ3n) is 3.09. The summed E-state index contributed by atoms with van der Waals surface area (Å²) in [5.74, 6) is 0.622. The highest BCUT2D eigenvalue weighted by atomic mass is 16.3. The number of nitrogens with one attached hydrogen (secondary N) is 1. The van der Waals surface area contributed by atoms with E-state index in [2.05, 4.69) is 19.2 Å². The van der Waals surface area contributed by atoms with Crippen LogP contribution in [0, 0.1) is 5.92 Å². The van der Waals surface area contributed by atoms with E-state index in [1.54, 1.807) is 0 Å². The number of hydrogen-bond acceptors (Lipinski definition) is 3. The van der Waals surface area contributed by atoms with Crippen molar-refractivity contribution in [3.8, 4) is 0 Å². The van der Waals surface area contributed by atoms with Crippen molar-refractivity contribution in [3.63, 3.8) is 0 Å². The van der Waals surface area contributed by atoms with Crippen molar-refractivity contribution in [2.24, 2.45) is 5.92 Å². The minimum atomic E-state index is 0.0290. The normalized spacial score (nSPS) is 22.8. The van der Waals surface area contributed by atoms with Gasteiger partial charge in [0.25, 0.3) is 0 Å². The Labute approximate surface area is 98.0 Å². The third-order valence-corrected chi connectivity index (χ3v) is 3.09. The molecule has 16 heavy (non-hydrogen) atoms. The van der Waals surface area contributed by atoms with E-state index >= 15 is 0 Å². The van der Waals surface area contributed by atoms with Crippen LogP contribution < -0.4 is 5.32 Å². The van der Waals surface area contributed by atoms with E-state index in [1.807, 2.05) is 4.90 Å². The van der Waals surface area contributed by atoms with E-state index < -0.39 is 0 Å². The standard InChI is InChI=1S/C12H24N2O2/c1-3-6-13-11-4-7-14(12(11)16)9-10(2)5-8-15/h10-11,13,15H,3-9H2,1-2H3. The fraction of sp³-hybridized carbons (Fsp3) is 0.917. The lowest BCUT2D eigenvalue weighted by Gasteiger charge is -2.21. The molecule has 1 heterocycles. The van der Waals surface area contributed by atoms with Gasteiger partial charge in [-0.05, 0) is 31.7 Å². The van der Waals surface area contributed by atoms with E-state index in [1.165, 1.54) is 0 Å². The largest absolute Gasteiger partial charge is 0.396 e. The number of rotatable bonds is 7. The van der Waals surface area contributed by atoms with Crippen molar-refractivity contribution in [3.05, 3.63) is 0 Å².